The lowest BCUT2D eigenvalue weighted by Crippen LogP contribution is -2.34. The van der Waals surface area contributed by atoms with E-state index in [-0.39, 0.29) is 6.03 Å². The third-order valence-electron chi connectivity index (χ3n) is 5.30. The number of benzene rings is 1. The number of hydrogen-bond acceptors (Lipinski definition) is 3. The summed E-state index contributed by atoms with van der Waals surface area (Å²) in [7, 11) is 0. The molecule has 2 saturated heterocycles. The van der Waals surface area contributed by atoms with Crippen molar-refractivity contribution < 1.29 is 9.53 Å². The van der Waals surface area contributed by atoms with E-state index in [1.807, 2.05) is 41.3 Å². The van der Waals surface area contributed by atoms with Gasteiger partial charge in [-0.25, -0.2) is 4.79 Å². The smallest absolute Gasteiger partial charge is 0.321 e. The zero-order valence-corrected chi connectivity index (χ0v) is 14.2. The molecule has 3 heterocycles. The molecule has 130 valence electrons. The lowest BCUT2D eigenvalue weighted by Gasteiger charge is -2.20. The predicted molar refractivity (Wildman–Crippen MR) is 97.3 cm³/mol. The fraction of sp³-hybridized carbons (Fsp3) is 0.400. The highest BCUT2D eigenvalue weighted by atomic mass is 16.5. The number of amides is 2. The van der Waals surface area contributed by atoms with E-state index in [4.69, 9.17) is 4.74 Å². The fourth-order valence-corrected chi connectivity index (χ4v) is 3.85. The number of carbonyl (C=O) groups excluding carboxylic acids is 1. The van der Waals surface area contributed by atoms with Gasteiger partial charge in [0.25, 0.3) is 0 Å². The summed E-state index contributed by atoms with van der Waals surface area (Å²) in [6.45, 7) is 3.37. The molecule has 2 atom stereocenters. The van der Waals surface area contributed by atoms with Crippen molar-refractivity contribution in [3.63, 3.8) is 0 Å². The number of ether oxygens (including phenoxy) is 1. The molecular formula is C20H23N3O2. The van der Waals surface area contributed by atoms with Crippen molar-refractivity contribution in [3.8, 4) is 11.1 Å². The number of para-hydroxylation sites is 1. The molecule has 4 rings (SSSR count). The van der Waals surface area contributed by atoms with E-state index in [2.05, 4.69) is 10.3 Å². The third-order valence-corrected chi connectivity index (χ3v) is 5.30. The van der Waals surface area contributed by atoms with Crippen LogP contribution in [0.15, 0.2) is 48.8 Å². The van der Waals surface area contributed by atoms with Gasteiger partial charge in [0.05, 0.1) is 5.69 Å². The van der Waals surface area contributed by atoms with E-state index in [0.29, 0.717) is 11.8 Å². The van der Waals surface area contributed by atoms with Crippen LogP contribution in [0.25, 0.3) is 11.1 Å². The van der Waals surface area contributed by atoms with Crippen molar-refractivity contribution in [2.24, 2.45) is 11.8 Å². The van der Waals surface area contributed by atoms with E-state index in [0.717, 1.165) is 56.0 Å². The van der Waals surface area contributed by atoms with Crippen LogP contribution in [0.5, 0.6) is 0 Å². The van der Waals surface area contributed by atoms with E-state index >= 15 is 0 Å². The molecule has 1 N–H and O–H groups in total. The molecule has 2 fully saturated rings. The minimum atomic E-state index is -0.0112. The first-order valence-corrected chi connectivity index (χ1v) is 8.94. The van der Waals surface area contributed by atoms with Crippen molar-refractivity contribution in [1.82, 2.24) is 9.88 Å². The van der Waals surface area contributed by atoms with Gasteiger partial charge in [0.2, 0.25) is 0 Å². The molecule has 2 aromatic rings. The van der Waals surface area contributed by atoms with Gasteiger partial charge < -0.3 is 15.0 Å². The third kappa shape index (κ3) is 3.51. The van der Waals surface area contributed by atoms with E-state index in [1.165, 1.54) is 0 Å². The van der Waals surface area contributed by atoms with Gasteiger partial charge in [-0.3, -0.25) is 4.98 Å². The number of nitrogens with one attached hydrogen (secondary N) is 1. The summed E-state index contributed by atoms with van der Waals surface area (Å²) in [5, 5.41) is 3.10. The molecule has 1 aromatic heterocycles. The molecule has 0 aliphatic carbocycles. The molecule has 0 radical (unpaired) electrons. The minimum Gasteiger partial charge on any atom is -0.381 e. The monoisotopic (exact) mass is 337 g/mol. The van der Waals surface area contributed by atoms with Crippen molar-refractivity contribution in [2.45, 2.75) is 12.8 Å². The molecule has 2 unspecified atom stereocenters. The van der Waals surface area contributed by atoms with Crippen molar-refractivity contribution in [3.05, 3.63) is 48.8 Å². The van der Waals surface area contributed by atoms with Gasteiger partial charge in [-0.05, 0) is 48.4 Å². The second-order valence-electron chi connectivity index (χ2n) is 6.83. The van der Waals surface area contributed by atoms with Gasteiger partial charge in [-0.1, -0.05) is 18.2 Å². The van der Waals surface area contributed by atoms with Crippen LogP contribution >= 0.6 is 0 Å². The number of urea groups is 1. The second kappa shape index (κ2) is 7.23. The maximum atomic E-state index is 12.7. The minimum absolute atomic E-state index is 0.0112. The Balaban J connectivity index is 1.45. The van der Waals surface area contributed by atoms with E-state index < -0.39 is 0 Å². The van der Waals surface area contributed by atoms with E-state index in [9.17, 15) is 4.79 Å². The van der Waals surface area contributed by atoms with Crippen LogP contribution in [-0.2, 0) is 4.74 Å². The molecule has 2 amide bonds. The molecule has 1 aromatic carbocycles. The lowest BCUT2D eigenvalue weighted by atomic mass is 9.91. The van der Waals surface area contributed by atoms with Gasteiger partial charge in [0.15, 0.2) is 0 Å². The highest BCUT2D eigenvalue weighted by molar-refractivity contribution is 5.94. The molecule has 0 spiro atoms. The van der Waals surface area contributed by atoms with Crippen LogP contribution in [0.3, 0.4) is 0 Å². The zero-order valence-electron chi connectivity index (χ0n) is 14.2. The summed E-state index contributed by atoms with van der Waals surface area (Å²) in [4.78, 5) is 18.7. The van der Waals surface area contributed by atoms with Crippen molar-refractivity contribution in [1.29, 1.82) is 0 Å². The van der Waals surface area contributed by atoms with Gasteiger partial charge in [0.1, 0.15) is 0 Å². The first-order valence-electron chi connectivity index (χ1n) is 8.94. The van der Waals surface area contributed by atoms with E-state index in [1.54, 1.807) is 12.4 Å². The summed E-state index contributed by atoms with van der Waals surface area (Å²) in [5.41, 5.74) is 2.90. The van der Waals surface area contributed by atoms with Crippen LogP contribution < -0.4 is 5.32 Å². The van der Waals surface area contributed by atoms with Crippen LogP contribution in [0, 0.1) is 11.8 Å². The topological polar surface area (TPSA) is 54.5 Å². The first kappa shape index (κ1) is 16.1. The molecule has 2 aliphatic heterocycles. The van der Waals surface area contributed by atoms with Gasteiger partial charge >= 0.3 is 6.03 Å². The Labute approximate surface area is 148 Å². The SMILES string of the molecule is O=C(Nc1ccccc1-c1ccncc1)N1CCC(C2CCOC2)C1. The number of pyridine rings is 1. The summed E-state index contributed by atoms with van der Waals surface area (Å²) in [6, 6.07) is 11.8. The normalized spacial score (nSPS) is 23.0. The largest absolute Gasteiger partial charge is 0.381 e. The Morgan fingerprint density at radius 2 is 1.96 bits per heavy atom. The number of carbonyl (C=O) groups is 1. The van der Waals surface area contributed by atoms with Gasteiger partial charge in [-0.15, -0.1) is 0 Å². The number of hydrogen-bond donors (Lipinski definition) is 1. The number of aromatic nitrogens is 1. The number of nitrogens with zero attached hydrogens (tertiary/aromatic N) is 2. The molecular weight excluding hydrogens is 314 g/mol. The summed E-state index contributed by atoms with van der Waals surface area (Å²) >= 11 is 0. The lowest BCUT2D eigenvalue weighted by molar-refractivity contribution is 0.171. The molecule has 0 saturated carbocycles. The fourth-order valence-electron chi connectivity index (χ4n) is 3.85. The Kier molecular flexibility index (Phi) is 4.65. The van der Waals surface area contributed by atoms with Gasteiger partial charge in [0, 0.05) is 44.3 Å². The maximum Gasteiger partial charge on any atom is 0.321 e. The summed E-state index contributed by atoms with van der Waals surface area (Å²) < 4.78 is 5.50. The summed E-state index contributed by atoms with van der Waals surface area (Å²) in [5.74, 6) is 1.19. The Bertz CT molecular complexity index is 729. The van der Waals surface area contributed by atoms with Crippen molar-refractivity contribution in [2.75, 3.05) is 31.6 Å². The molecule has 2 aliphatic rings. The Morgan fingerprint density at radius 3 is 2.76 bits per heavy atom. The molecule has 25 heavy (non-hydrogen) atoms. The van der Waals surface area contributed by atoms with Crippen LogP contribution in [0.2, 0.25) is 0 Å². The predicted octanol–water partition coefficient (Wildman–Crippen LogP) is 3.64. The quantitative estimate of drug-likeness (QED) is 0.930. The molecule has 5 nitrogen and oxygen atoms in total. The Morgan fingerprint density at radius 1 is 1.12 bits per heavy atom. The van der Waals surface area contributed by atoms with Crippen molar-refractivity contribution >= 4 is 11.7 Å². The summed E-state index contributed by atoms with van der Waals surface area (Å²) in [6.07, 6.45) is 5.74. The molecule has 5 heteroatoms. The standard InChI is InChI=1S/C20H23N3O2/c24-20(23-11-7-16(13-23)17-8-12-25-14-17)22-19-4-2-1-3-18(19)15-5-9-21-10-6-15/h1-6,9-10,16-17H,7-8,11-14H2,(H,22,24). The highest BCUT2D eigenvalue weighted by Gasteiger charge is 2.33. The number of anilines is 1. The molecule has 0 bridgehead atoms. The first-order chi connectivity index (χ1) is 12.3. The average Bonchev–Trinajstić information content (AvgIpc) is 3.34. The average molecular weight is 337 g/mol. The second-order valence-corrected chi connectivity index (χ2v) is 6.83. The van der Waals surface area contributed by atoms with Crippen LogP contribution in [0.4, 0.5) is 10.5 Å². The van der Waals surface area contributed by atoms with Gasteiger partial charge in [-0.2, -0.15) is 0 Å². The maximum absolute atomic E-state index is 12.7. The Hall–Kier alpha value is -2.40. The zero-order chi connectivity index (χ0) is 17.1. The number of likely N-dealkylation sites (tertiary alicyclic amines) is 1. The van der Waals surface area contributed by atoms with Crippen LogP contribution in [0.1, 0.15) is 12.8 Å². The number of rotatable bonds is 3. The van der Waals surface area contributed by atoms with Crippen LogP contribution in [-0.4, -0.2) is 42.2 Å². The highest BCUT2D eigenvalue weighted by Crippen LogP contribution is 2.31.